The predicted octanol–water partition coefficient (Wildman–Crippen LogP) is -1.86. The Hall–Kier alpha value is -1.57. The van der Waals surface area contributed by atoms with E-state index in [2.05, 4.69) is 13.0 Å². The molecule has 3 saturated carbocycles. The van der Waals surface area contributed by atoms with Crippen LogP contribution in [0.5, 0.6) is 0 Å². The van der Waals surface area contributed by atoms with E-state index in [4.69, 9.17) is 23.7 Å². The third-order valence-electron chi connectivity index (χ3n) is 13.5. The summed E-state index contributed by atoms with van der Waals surface area (Å²) in [4.78, 5) is 12.0. The first kappa shape index (κ1) is 36.8. The summed E-state index contributed by atoms with van der Waals surface area (Å²) >= 11 is 0. The molecule has 282 valence electrons. The van der Waals surface area contributed by atoms with Crippen LogP contribution in [0.3, 0.4) is 0 Å². The molecule has 50 heavy (non-hydrogen) atoms. The normalized spacial score (nSPS) is 53.5. The van der Waals surface area contributed by atoms with Crippen molar-refractivity contribution in [2.75, 3.05) is 19.8 Å². The number of aliphatic hydroxyl groups excluding tert-OH is 8. The van der Waals surface area contributed by atoms with Gasteiger partial charge in [0.05, 0.1) is 31.0 Å². The molecule has 5 fully saturated rings. The molecular weight excluding hydrogens is 660 g/mol. The Bertz CT molecular complexity index is 1350. The molecule has 18 atom stereocenters. The number of carbonyl (C=O) groups excluding carboxylic acids is 1. The summed E-state index contributed by atoms with van der Waals surface area (Å²) in [6.07, 6.45) is -8.71. The van der Waals surface area contributed by atoms with Crippen LogP contribution in [0, 0.1) is 28.6 Å². The summed E-state index contributed by atoms with van der Waals surface area (Å²) in [7, 11) is 0. The zero-order valence-electron chi connectivity index (χ0n) is 28.4. The van der Waals surface area contributed by atoms with Gasteiger partial charge in [-0.15, -0.1) is 0 Å². The van der Waals surface area contributed by atoms with Crippen molar-refractivity contribution in [2.45, 2.75) is 138 Å². The zero-order valence-corrected chi connectivity index (χ0v) is 28.4. The fraction of sp³-hybridized carbons (Fsp3) is 0.857. The van der Waals surface area contributed by atoms with Crippen LogP contribution in [-0.4, -0.2) is 151 Å². The van der Waals surface area contributed by atoms with E-state index < -0.39 is 103 Å². The second kappa shape index (κ2) is 13.4. The molecular formula is C35H52O15. The first-order valence-electron chi connectivity index (χ1n) is 17.9. The van der Waals surface area contributed by atoms with Crippen LogP contribution in [0.25, 0.3) is 0 Å². The van der Waals surface area contributed by atoms with Crippen molar-refractivity contribution in [1.29, 1.82) is 0 Å². The molecule has 0 spiro atoms. The van der Waals surface area contributed by atoms with Crippen molar-refractivity contribution in [1.82, 2.24) is 0 Å². The molecule has 18 unspecified atom stereocenters. The van der Waals surface area contributed by atoms with E-state index in [1.807, 2.05) is 6.92 Å². The highest BCUT2D eigenvalue weighted by atomic mass is 16.7. The molecule has 0 bridgehead atoms. The molecule has 15 heteroatoms. The lowest BCUT2D eigenvalue weighted by molar-refractivity contribution is -0.336. The summed E-state index contributed by atoms with van der Waals surface area (Å²) < 4.78 is 28.7. The number of ether oxygens (including phenoxy) is 5. The number of allylic oxidation sites excluding steroid dienone is 2. The highest BCUT2D eigenvalue weighted by Gasteiger charge is 2.69. The van der Waals surface area contributed by atoms with Gasteiger partial charge >= 0.3 is 0 Å². The predicted molar refractivity (Wildman–Crippen MR) is 168 cm³/mol. The Balaban J connectivity index is 1.02. The maximum Gasteiger partial charge on any atom is 0.196 e. The summed E-state index contributed by atoms with van der Waals surface area (Å²) in [5.74, 6) is -0.0344. The first-order valence-corrected chi connectivity index (χ1v) is 17.9. The number of fused-ring (bicyclic) bond motifs is 5. The molecule has 7 aliphatic rings. The van der Waals surface area contributed by atoms with E-state index in [0.717, 1.165) is 5.57 Å². The van der Waals surface area contributed by atoms with E-state index in [-0.39, 0.29) is 30.1 Å². The topological polar surface area (TPSA) is 245 Å². The van der Waals surface area contributed by atoms with Gasteiger partial charge in [0.25, 0.3) is 0 Å². The van der Waals surface area contributed by atoms with Crippen molar-refractivity contribution < 1.29 is 74.4 Å². The number of aliphatic hydroxyl groups is 9. The average Bonchev–Trinajstić information content (AvgIpc) is 3.63. The van der Waals surface area contributed by atoms with Crippen LogP contribution >= 0.6 is 0 Å². The number of hydrogen-bond donors (Lipinski definition) is 9. The van der Waals surface area contributed by atoms with Gasteiger partial charge in [-0.2, -0.15) is 0 Å². The molecule has 9 N–H and O–H groups in total. The molecule has 3 heterocycles. The maximum absolute atomic E-state index is 12.5. The van der Waals surface area contributed by atoms with Gasteiger partial charge in [0.2, 0.25) is 0 Å². The van der Waals surface area contributed by atoms with Crippen LogP contribution in [0.4, 0.5) is 0 Å². The molecule has 0 radical (unpaired) electrons. The summed E-state index contributed by atoms with van der Waals surface area (Å²) in [6, 6.07) is 0. The molecule has 7 rings (SSSR count). The molecule has 0 aromatic rings. The van der Waals surface area contributed by atoms with E-state index in [9.17, 15) is 50.8 Å². The van der Waals surface area contributed by atoms with Gasteiger partial charge in [0.15, 0.2) is 25.0 Å². The van der Waals surface area contributed by atoms with E-state index in [0.29, 0.717) is 50.7 Å². The van der Waals surface area contributed by atoms with E-state index in [1.54, 1.807) is 6.08 Å². The van der Waals surface area contributed by atoms with E-state index >= 15 is 0 Å². The van der Waals surface area contributed by atoms with E-state index in [1.165, 1.54) is 0 Å². The lowest BCUT2D eigenvalue weighted by Gasteiger charge is -2.62. The highest BCUT2D eigenvalue weighted by molar-refractivity contribution is 5.93. The van der Waals surface area contributed by atoms with Gasteiger partial charge in [-0.1, -0.05) is 25.5 Å². The number of hydrogen-bond acceptors (Lipinski definition) is 15. The summed E-state index contributed by atoms with van der Waals surface area (Å²) in [6.45, 7) is 3.06. The Labute approximate surface area is 290 Å². The molecule has 3 aliphatic heterocycles. The minimum absolute atomic E-state index is 0.0153. The van der Waals surface area contributed by atoms with Gasteiger partial charge < -0.3 is 69.6 Å². The van der Waals surface area contributed by atoms with Gasteiger partial charge in [0, 0.05) is 17.4 Å². The summed E-state index contributed by atoms with van der Waals surface area (Å²) in [5.41, 5.74) is -1.06. The van der Waals surface area contributed by atoms with Crippen LogP contribution in [-0.2, 0) is 28.5 Å². The van der Waals surface area contributed by atoms with Gasteiger partial charge in [-0.05, 0) is 62.2 Å². The van der Waals surface area contributed by atoms with Crippen LogP contribution in [0.1, 0.15) is 58.8 Å². The Morgan fingerprint density at radius 2 is 1.56 bits per heavy atom. The number of rotatable bonds is 7. The Morgan fingerprint density at radius 1 is 0.880 bits per heavy atom. The van der Waals surface area contributed by atoms with Gasteiger partial charge in [-0.25, -0.2) is 0 Å². The second-order valence-electron chi connectivity index (χ2n) is 16.1. The molecule has 0 amide bonds. The standard InChI is InChI=1S/C35H52O15/c1-33-7-5-17(48-32-30(44)28(42)26(40)23(50-32)14-47-31-29(43)27(41)25(39)22(12-36)49-31)9-15(33)3-4-19-24(33)20(38)11-34(2)18(6-8-35(19,34)45)21-10-16(37)13-46-21/h3,10,17-20,22-32,36,38-45H,4-9,11-14H2,1-2H3. The van der Waals surface area contributed by atoms with Crippen molar-refractivity contribution in [2.24, 2.45) is 28.6 Å². The fourth-order valence-corrected chi connectivity index (χ4v) is 10.6. The minimum Gasteiger partial charge on any atom is -0.489 e. The minimum atomic E-state index is -1.67. The molecule has 0 aromatic heterocycles. The Morgan fingerprint density at radius 3 is 2.24 bits per heavy atom. The first-order chi connectivity index (χ1) is 23.6. The van der Waals surface area contributed by atoms with Crippen LogP contribution in [0.2, 0.25) is 0 Å². The van der Waals surface area contributed by atoms with Crippen molar-refractivity contribution in [3.05, 3.63) is 23.5 Å². The third-order valence-corrected chi connectivity index (χ3v) is 13.5. The lowest BCUT2D eigenvalue weighted by Crippen LogP contribution is -2.65. The Kier molecular flexibility index (Phi) is 9.84. The zero-order chi connectivity index (χ0) is 35.9. The lowest BCUT2D eigenvalue weighted by atomic mass is 9.45. The van der Waals surface area contributed by atoms with Crippen molar-refractivity contribution >= 4 is 5.78 Å². The largest absolute Gasteiger partial charge is 0.489 e. The SMILES string of the molecule is CC12CCC(OC3OC(COC4OC(CO)C(O)C(O)C4O)C(O)C(O)C3O)CC1=CCC1C2C(O)CC2(C)C(C3=CC(=O)CO3)CCC12O. The molecule has 15 nitrogen and oxygen atoms in total. The quantitative estimate of drug-likeness (QED) is 0.132. The number of ketones is 1. The average molecular weight is 713 g/mol. The maximum atomic E-state index is 12.5. The summed E-state index contributed by atoms with van der Waals surface area (Å²) in [5, 5.41) is 96.3. The molecule has 0 aromatic carbocycles. The smallest absolute Gasteiger partial charge is 0.196 e. The highest BCUT2D eigenvalue weighted by Crippen LogP contribution is 2.69. The van der Waals surface area contributed by atoms with Crippen molar-refractivity contribution in [3.8, 4) is 0 Å². The third kappa shape index (κ3) is 5.72. The second-order valence-corrected chi connectivity index (χ2v) is 16.1. The fourth-order valence-electron chi connectivity index (χ4n) is 10.6. The van der Waals surface area contributed by atoms with Gasteiger partial charge in [0.1, 0.15) is 54.6 Å². The van der Waals surface area contributed by atoms with Crippen molar-refractivity contribution in [3.63, 3.8) is 0 Å². The van der Waals surface area contributed by atoms with Crippen LogP contribution in [0.15, 0.2) is 23.5 Å². The monoisotopic (exact) mass is 712 g/mol. The molecule has 4 aliphatic carbocycles. The number of carbonyl (C=O) groups is 1. The van der Waals surface area contributed by atoms with Crippen LogP contribution < -0.4 is 0 Å². The van der Waals surface area contributed by atoms with Gasteiger partial charge in [-0.3, -0.25) is 4.79 Å². The molecule has 2 saturated heterocycles.